The number of carbonyl (C=O) groups is 2. The second-order valence-corrected chi connectivity index (χ2v) is 6.48. The molecule has 0 atom stereocenters. The number of hydrogen-bond donors (Lipinski definition) is 1. The van der Waals surface area contributed by atoms with Crippen molar-refractivity contribution in [2.45, 2.75) is 39.2 Å². The van der Waals surface area contributed by atoms with E-state index >= 15 is 0 Å². The number of rotatable bonds is 4. The van der Waals surface area contributed by atoms with Crippen molar-refractivity contribution in [3.63, 3.8) is 0 Å². The topological polar surface area (TPSA) is 72.6 Å². The second-order valence-electron chi connectivity index (χ2n) is 6.48. The van der Waals surface area contributed by atoms with Gasteiger partial charge in [0.15, 0.2) is 0 Å². The molecule has 1 heterocycles. The van der Waals surface area contributed by atoms with Crippen molar-refractivity contribution in [1.82, 2.24) is 4.90 Å². The van der Waals surface area contributed by atoms with Crippen LogP contribution >= 0.6 is 0 Å². The molecule has 1 fully saturated rings. The fourth-order valence-corrected chi connectivity index (χ4v) is 2.62. The predicted molar refractivity (Wildman–Crippen MR) is 87.1 cm³/mol. The summed E-state index contributed by atoms with van der Waals surface area (Å²) in [4.78, 5) is 25.7. The zero-order chi connectivity index (χ0) is 17.0. The Morgan fingerprint density at radius 3 is 2.14 bits per heavy atom. The summed E-state index contributed by atoms with van der Waals surface area (Å²) in [6.07, 6.45) is 5.54. The minimum atomic E-state index is -0.797. The van der Waals surface area contributed by atoms with E-state index in [1.54, 1.807) is 23.1 Å². The maximum Gasteiger partial charge on any atom is 0.410 e. The molecule has 22 heavy (non-hydrogen) atoms. The van der Waals surface area contributed by atoms with E-state index < -0.39 is 16.9 Å². The van der Waals surface area contributed by atoms with Gasteiger partial charge in [0.1, 0.15) is 5.60 Å². The zero-order valence-corrected chi connectivity index (χ0v) is 13.7. The standard InChI is InChI=1S/C17H26N2O3/c1-6-8-13(7-2)17(14(18)20)9-11-19(12-10-17)15(21)22-16(3,4)5/h6-8H,1-2,9-12H2,3-5H3,(H2,18,20)/b13-8+. The lowest BCUT2D eigenvalue weighted by Crippen LogP contribution is -2.50. The molecule has 1 rings (SSSR count). The lowest BCUT2D eigenvalue weighted by Gasteiger charge is -2.40. The highest BCUT2D eigenvalue weighted by Gasteiger charge is 2.43. The van der Waals surface area contributed by atoms with E-state index in [0.29, 0.717) is 25.9 Å². The number of hydrogen-bond acceptors (Lipinski definition) is 3. The maximum atomic E-state index is 12.1. The Labute approximate surface area is 132 Å². The quantitative estimate of drug-likeness (QED) is 0.812. The van der Waals surface area contributed by atoms with Crippen LogP contribution in [0.15, 0.2) is 37.0 Å². The third-order valence-corrected chi connectivity index (χ3v) is 3.81. The fraction of sp³-hybridized carbons (Fsp3) is 0.529. The zero-order valence-electron chi connectivity index (χ0n) is 13.7. The molecule has 0 saturated carbocycles. The van der Waals surface area contributed by atoms with E-state index in [1.807, 2.05) is 20.8 Å². The Morgan fingerprint density at radius 2 is 1.77 bits per heavy atom. The normalized spacial score (nSPS) is 18.5. The van der Waals surface area contributed by atoms with Gasteiger partial charge in [0.25, 0.3) is 0 Å². The number of likely N-dealkylation sites (tertiary alicyclic amines) is 1. The first-order valence-electron chi connectivity index (χ1n) is 7.40. The molecule has 1 aliphatic heterocycles. The first kappa shape index (κ1) is 18.0. The largest absolute Gasteiger partial charge is 0.444 e. The van der Waals surface area contributed by atoms with Gasteiger partial charge < -0.3 is 15.4 Å². The van der Waals surface area contributed by atoms with Crippen LogP contribution in [0, 0.1) is 5.41 Å². The minimum absolute atomic E-state index is 0.363. The van der Waals surface area contributed by atoms with E-state index in [1.165, 1.54) is 0 Å². The number of piperidine rings is 1. The van der Waals surface area contributed by atoms with E-state index in [-0.39, 0.29) is 6.09 Å². The van der Waals surface area contributed by atoms with Crippen molar-refractivity contribution in [3.05, 3.63) is 37.0 Å². The number of nitrogens with two attached hydrogens (primary N) is 1. The van der Waals surface area contributed by atoms with Gasteiger partial charge in [0.05, 0.1) is 5.41 Å². The molecule has 0 unspecified atom stereocenters. The van der Waals surface area contributed by atoms with E-state index in [0.717, 1.165) is 5.57 Å². The van der Waals surface area contributed by atoms with Crippen molar-refractivity contribution in [1.29, 1.82) is 0 Å². The Bertz CT molecular complexity index is 493. The van der Waals surface area contributed by atoms with Crippen LogP contribution in [0.3, 0.4) is 0 Å². The molecule has 0 bridgehead atoms. The first-order valence-corrected chi connectivity index (χ1v) is 7.40. The van der Waals surface area contributed by atoms with Crippen LogP contribution in [-0.2, 0) is 9.53 Å². The summed E-state index contributed by atoms with van der Waals surface area (Å²) in [5.74, 6) is -0.399. The van der Waals surface area contributed by atoms with Gasteiger partial charge >= 0.3 is 6.09 Å². The summed E-state index contributed by atoms with van der Waals surface area (Å²) in [7, 11) is 0. The number of ether oxygens (including phenoxy) is 1. The lowest BCUT2D eigenvalue weighted by atomic mass is 9.71. The summed E-state index contributed by atoms with van der Waals surface area (Å²) >= 11 is 0. The molecule has 0 aromatic carbocycles. The SMILES string of the molecule is C=C/C=C(\C=C)C1(C(N)=O)CCN(C(=O)OC(C)(C)C)CC1. The highest BCUT2D eigenvalue weighted by molar-refractivity contribution is 5.85. The van der Waals surface area contributed by atoms with Crippen LogP contribution in [0.4, 0.5) is 4.79 Å². The lowest BCUT2D eigenvalue weighted by molar-refractivity contribution is -0.127. The molecule has 5 heteroatoms. The first-order chi connectivity index (χ1) is 10.2. The van der Waals surface area contributed by atoms with Gasteiger partial charge in [-0.3, -0.25) is 4.79 Å². The van der Waals surface area contributed by atoms with E-state index in [2.05, 4.69) is 13.2 Å². The number of allylic oxidation sites excluding steroid dienone is 3. The molecule has 0 radical (unpaired) electrons. The molecule has 0 aliphatic carbocycles. The Morgan fingerprint density at radius 1 is 1.23 bits per heavy atom. The van der Waals surface area contributed by atoms with Crippen LogP contribution in [0.5, 0.6) is 0 Å². The third-order valence-electron chi connectivity index (χ3n) is 3.81. The van der Waals surface area contributed by atoms with Crippen molar-refractivity contribution in [3.8, 4) is 0 Å². The molecular weight excluding hydrogens is 280 g/mol. The Kier molecular flexibility index (Phi) is 5.58. The maximum absolute atomic E-state index is 12.1. The van der Waals surface area contributed by atoms with Crippen LogP contribution in [0.25, 0.3) is 0 Å². The number of carbonyl (C=O) groups excluding carboxylic acids is 2. The number of amides is 2. The van der Waals surface area contributed by atoms with Gasteiger partial charge in [0, 0.05) is 13.1 Å². The molecule has 0 aromatic heterocycles. The highest BCUT2D eigenvalue weighted by Crippen LogP contribution is 2.39. The van der Waals surface area contributed by atoms with Gasteiger partial charge in [-0.05, 0) is 39.2 Å². The van der Waals surface area contributed by atoms with E-state index in [9.17, 15) is 9.59 Å². The van der Waals surface area contributed by atoms with Gasteiger partial charge in [-0.2, -0.15) is 0 Å². The van der Waals surface area contributed by atoms with Crippen molar-refractivity contribution >= 4 is 12.0 Å². The number of nitrogens with zero attached hydrogens (tertiary/aromatic N) is 1. The van der Waals surface area contributed by atoms with Crippen LogP contribution in [-0.4, -0.2) is 35.6 Å². The van der Waals surface area contributed by atoms with E-state index in [4.69, 9.17) is 10.5 Å². The van der Waals surface area contributed by atoms with Crippen molar-refractivity contribution in [2.24, 2.45) is 11.1 Å². The smallest absolute Gasteiger partial charge is 0.410 e. The van der Waals surface area contributed by atoms with Gasteiger partial charge in [-0.1, -0.05) is 31.4 Å². The average molecular weight is 306 g/mol. The molecule has 0 aromatic rings. The Hall–Kier alpha value is -2.04. The molecule has 122 valence electrons. The summed E-state index contributed by atoms with van der Waals surface area (Å²) < 4.78 is 5.36. The average Bonchev–Trinajstić information content (AvgIpc) is 2.42. The molecule has 0 spiro atoms. The van der Waals surface area contributed by atoms with Crippen LogP contribution in [0.1, 0.15) is 33.6 Å². The van der Waals surface area contributed by atoms with Crippen LogP contribution in [0.2, 0.25) is 0 Å². The van der Waals surface area contributed by atoms with Gasteiger partial charge in [0.2, 0.25) is 5.91 Å². The summed E-state index contributed by atoms with van der Waals surface area (Å²) in [6, 6.07) is 0. The van der Waals surface area contributed by atoms with Crippen LogP contribution < -0.4 is 5.73 Å². The predicted octanol–water partition coefficient (Wildman–Crippen LogP) is 2.79. The van der Waals surface area contributed by atoms with Gasteiger partial charge in [-0.15, -0.1) is 0 Å². The van der Waals surface area contributed by atoms with Crippen molar-refractivity contribution in [2.75, 3.05) is 13.1 Å². The second kappa shape index (κ2) is 6.81. The molecular formula is C17H26N2O3. The molecule has 5 nitrogen and oxygen atoms in total. The monoisotopic (exact) mass is 306 g/mol. The summed E-state index contributed by atoms with van der Waals surface area (Å²) in [5, 5.41) is 0. The summed E-state index contributed by atoms with van der Waals surface area (Å²) in [5.41, 5.74) is 5.05. The number of primary amides is 1. The fourth-order valence-electron chi connectivity index (χ4n) is 2.62. The molecule has 1 saturated heterocycles. The molecule has 1 aliphatic rings. The highest BCUT2D eigenvalue weighted by atomic mass is 16.6. The van der Waals surface area contributed by atoms with Crippen molar-refractivity contribution < 1.29 is 14.3 Å². The third kappa shape index (κ3) is 4.00. The van der Waals surface area contributed by atoms with Gasteiger partial charge in [-0.25, -0.2) is 4.79 Å². The Balaban J connectivity index is 2.89. The molecule has 2 N–H and O–H groups in total. The minimum Gasteiger partial charge on any atom is -0.444 e. The summed E-state index contributed by atoms with van der Waals surface area (Å²) in [6.45, 7) is 13.7. The molecule has 2 amide bonds.